The van der Waals surface area contributed by atoms with E-state index in [4.69, 9.17) is 9.47 Å². The first-order valence-electron chi connectivity index (χ1n) is 9.27. The molecule has 1 saturated heterocycles. The number of halogens is 4. The van der Waals surface area contributed by atoms with E-state index in [2.05, 4.69) is 15.2 Å². The van der Waals surface area contributed by atoms with Gasteiger partial charge in [0.15, 0.2) is 5.96 Å². The average Bonchev–Trinajstić information content (AvgIpc) is 2.68. The number of hydrogen-bond acceptors (Lipinski definition) is 4. The molecule has 10 heteroatoms. The fourth-order valence-corrected chi connectivity index (χ4v) is 2.99. The Kier molecular flexibility index (Phi) is 10.5. The number of guanidine groups is 1. The molecule has 29 heavy (non-hydrogen) atoms. The minimum atomic E-state index is -4.35. The van der Waals surface area contributed by atoms with E-state index >= 15 is 0 Å². The number of carbonyl (C=O) groups is 1. The molecule has 1 N–H and O–H groups in total. The van der Waals surface area contributed by atoms with Crippen LogP contribution in [0.15, 0.2) is 29.3 Å². The van der Waals surface area contributed by atoms with Gasteiger partial charge in [0.1, 0.15) is 12.4 Å². The van der Waals surface area contributed by atoms with Gasteiger partial charge in [-0.3, -0.25) is 9.79 Å². The maximum Gasteiger partial charge on any atom is 0.416 e. The van der Waals surface area contributed by atoms with Crippen LogP contribution < -0.4 is 10.1 Å². The molecule has 164 valence electrons. The number of piperidine rings is 1. The highest BCUT2D eigenvalue weighted by molar-refractivity contribution is 14.0. The van der Waals surface area contributed by atoms with Crippen LogP contribution in [0.4, 0.5) is 13.2 Å². The topological polar surface area (TPSA) is 63.2 Å². The zero-order chi connectivity index (χ0) is 20.6. The molecule has 0 amide bonds. The number of esters is 1. The summed E-state index contributed by atoms with van der Waals surface area (Å²) < 4.78 is 48.2. The lowest BCUT2D eigenvalue weighted by Crippen LogP contribution is -2.47. The Hall–Kier alpha value is -1.72. The summed E-state index contributed by atoms with van der Waals surface area (Å²) in [5.74, 6) is 0.866. The molecular formula is C19H27F3IN3O3. The fourth-order valence-electron chi connectivity index (χ4n) is 2.99. The molecule has 1 fully saturated rings. The maximum absolute atomic E-state index is 12.5. The third kappa shape index (κ3) is 7.90. The van der Waals surface area contributed by atoms with Crippen LogP contribution in [0.5, 0.6) is 5.75 Å². The molecule has 0 aromatic heterocycles. The van der Waals surface area contributed by atoms with Crippen LogP contribution in [0, 0.1) is 5.92 Å². The van der Waals surface area contributed by atoms with Crippen molar-refractivity contribution >= 4 is 35.9 Å². The van der Waals surface area contributed by atoms with E-state index < -0.39 is 11.7 Å². The van der Waals surface area contributed by atoms with Gasteiger partial charge in [-0.15, -0.1) is 24.0 Å². The summed E-state index contributed by atoms with van der Waals surface area (Å²) in [4.78, 5) is 18.1. The fraction of sp³-hybridized carbons (Fsp3) is 0.579. The van der Waals surface area contributed by atoms with Crippen molar-refractivity contribution in [1.82, 2.24) is 10.2 Å². The molecule has 0 bridgehead atoms. The summed E-state index contributed by atoms with van der Waals surface area (Å²) in [6.07, 6.45) is -2.93. The maximum atomic E-state index is 12.5. The van der Waals surface area contributed by atoms with E-state index in [1.807, 2.05) is 0 Å². The molecule has 1 aromatic rings. The van der Waals surface area contributed by atoms with E-state index in [9.17, 15) is 18.0 Å². The number of likely N-dealkylation sites (tertiary alicyclic amines) is 1. The number of nitrogens with one attached hydrogen (secondary N) is 1. The molecule has 0 spiro atoms. The second kappa shape index (κ2) is 12.1. The van der Waals surface area contributed by atoms with Crippen molar-refractivity contribution in [1.29, 1.82) is 0 Å². The van der Waals surface area contributed by atoms with Gasteiger partial charge in [0, 0.05) is 20.1 Å². The van der Waals surface area contributed by atoms with Gasteiger partial charge >= 0.3 is 12.1 Å². The largest absolute Gasteiger partial charge is 0.492 e. The number of carbonyl (C=O) groups excluding carboxylic acids is 1. The van der Waals surface area contributed by atoms with Gasteiger partial charge in [0.05, 0.1) is 24.6 Å². The quantitative estimate of drug-likeness (QED) is 0.201. The van der Waals surface area contributed by atoms with Crippen molar-refractivity contribution in [2.24, 2.45) is 10.9 Å². The summed E-state index contributed by atoms with van der Waals surface area (Å²) in [6, 6.07) is 4.60. The Balaban J connectivity index is 0.00000420. The highest BCUT2D eigenvalue weighted by Gasteiger charge is 2.30. The number of rotatable bonds is 6. The lowest BCUT2D eigenvalue weighted by molar-refractivity contribution is -0.149. The first-order chi connectivity index (χ1) is 13.3. The van der Waals surface area contributed by atoms with Crippen LogP contribution in [-0.4, -0.2) is 56.7 Å². The van der Waals surface area contributed by atoms with Crippen molar-refractivity contribution in [3.05, 3.63) is 29.8 Å². The van der Waals surface area contributed by atoms with Crippen molar-refractivity contribution in [3.8, 4) is 5.75 Å². The van der Waals surface area contributed by atoms with Gasteiger partial charge in [-0.25, -0.2) is 0 Å². The van der Waals surface area contributed by atoms with Crippen LogP contribution in [0.25, 0.3) is 0 Å². The molecule has 0 aliphatic carbocycles. The summed E-state index contributed by atoms with van der Waals surface area (Å²) in [7, 11) is 1.68. The Bertz CT molecular complexity index is 661. The molecule has 0 saturated carbocycles. The predicted molar refractivity (Wildman–Crippen MR) is 115 cm³/mol. The Labute approximate surface area is 185 Å². The number of ether oxygens (including phenoxy) is 2. The molecule has 0 atom stereocenters. The number of aliphatic imine (C=N–C) groups is 1. The molecule has 1 aromatic carbocycles. The molecule has 2 rings (SSSR count). The number of alkyl halides is 3. The van der Waals surface area contributed by atoms with E-state index in [1.165, 1.54) is 12.1 Å². The first-order valence-corrected chi connectivity index (χ1v) is 9.27. The van der Waals surface area contributed by atoms with Crippen LogP contribution in [0.1, 0.15) is 25.3 Å². The van der Waals surface area contributed by atoms with Crippen molar-refractivity contribution in [2.45, 2.75) is 25.9 Å². The van der Waals surface area contributed by atoms with Gasteiger partial charge in [-0.05, 0) is 44.0 Å². The zero-order valence-electron chi connectivity index (χ0n) is 16.5. The van der Waals surface area contributed by atoms with Crippen LogP contribution in [0.3, 0.4) is 0 Å². The molecular weight excluding hydrogens is 502 g/mol. The second-order valence-corrected chi connectivity index (χ2v) is 6.36. The lowest BCUT2D eigenvalue weighted by atomic mass is 9.97. The lowest BCUT2D eigenvalue weighted by Gasteiger charge is -2.33. The SMILES string of the molecule is CCOC(=O)C1CCN(C(=NC)NCCOc2ccc(C(F)(F)F)cc2)CC1.I. The summed E-state index contributed by atoms with van der Waals surface area (Å²) in [5.41, 5.74) is -0.704. The third-order valence-corrected chi connectivity index (χ3v) is 4.46. The van der Waals surface area contributed by atoms with Gasteiger partial charge in [0.25, 0.3) is 0 Å². The highest BCUT2D eigenvalue weighted by atomic mass is 127. The first kappa shape index (κ1) is 25.3. The number of hydrogen-bond donors (Lipinski definition) is 1. The second-order valence-electron chi connectivity index (χ2n) is 6.36. The van der Waals surface area contributed by atoms with E-state index in [1.54, 1.807) is 14.0 Å². The van der Waals surface area contributed by atoms with Gasteiger partial charge in [-0.2, -0.15) is 13.2 Å². The van der Waals surface area contributed by atoms with E-state index in [0.717, 1.165) is 12.1 Å². The summed E-state index contributed by atoms with van der Waals surface area (Å²) in [6.45, 7) is 4.31. The van der Waals surface area contributed by atoms with E-state index in [-0.39, 0.29) is 42.5 Å². The minimum Gasteiger partial charge on any atom is -0.492 e. The van der Waals surface area contributed by atoms with Crippen molar-refractivity contribution in [2.75, 3.05) is 39.9 Å². The zero-order valence-corrected chi connectivity index (χ0v) is 18.8. The smallest absolute Gasteiger partial charge is 0.416 e. The average molecular weight is 529 g/mol. The monoisotopic (exact) mass is 529 g/mol. The molecule has 0 unspecified atom stereocenters. The summed E-state index contributed by atoms with van der Waals surface area (Å²) >= 11 is 0. The Morgan fingerprint density at radius 2 is 1.86 bits per heavy atom. The van der Waals surface area contributed by atoms with Crippen LogP contribution in [0.2, 0.25) is 0 Å². The van der Waals surface area contributed by atoms with Crippen LogP contribution in [-0.2, 0) is 15.7 Å². The van der Waals surface area contributed by atoms with Crippen molar-refractivity contribution in [3.63, 3.8) is 0 Å². The normalized spacial score (nSPS) is 15.5. The standard InChI is InChI=1S/C19H26F3N3O3.HI/c1-3-27-17(26)14-8-11-25(12-9-14)18(23-2)24-10-13-28-16-6-4-15(5-7-16)19(20,21)22;/h4-7,14H,3,8-13H2,1-2H3,(H,23,24);1H. The third-order valence-electron chi connectivity index (χ3n) is 4.46. The minimum absolute atomic E-state index is 0. The van der Waals surface area contributed by atoms with Crippen molar-refractivity contribution < 1.29 is 27.4 Å². The van der Waals surface area contributed by atoms with Crippen LogP contribution >= 0.6 is 24.0 Å². The summed E-state index contributed by atoms with van der Waals surface area (Å²) in [5, 5.41) is 3.17. The number of benzene rings is 1. The Morgan fingerprint density at radius 3 is 2.38 bits per heavy atom. The molecule has 1 aliphatic rings. The van der Waals surface area contributed by atoms with Gasteiger partial charge < -0.3 is 19.7 Å². The van der Waals surface area contributed by atoms with Gasteiger partial charge in [-0.1, -0.05) is 0 Å². The molecule has 0 radical (unpaired) electrons. The van der Waals surface area contributed by atoms with E-state index in [0.29, 0.717) is 50.8 Å². The molecule has 1 aliphatic heterocycles. The highest BCUT2D eigenvalue weighted by Crippen LogP contribution is 2.30. The molecule has 1 heterocycles. The predicted octanol–water partition coefficient (Wildman–Crippen LogP) is 3.55. The number of nitrogens with zero attached hydrogens (tertiary/aromatic N) is 2. The Morgan fingerprint density at radius 1 is 1.24 bits per heavy atom. The van der Waals surface area contributed by atoms with Gasteiger partial charge in [0.2, 0.25) is 0 Å². The molecule has 6 nitrogen and oxygen atoms in total.